The first-order valence-corrected chi connectivity index (χ1v) is 9.77. The Labute approximate surface area is 150 Å². The Morgan fingerprint density at radius 2 is 1.96 bits per heavy atom. The van der Waals surface area contributed by atoms with E-state index in [0.717, 1.165) is 11.3 Å². The van der Waals surface area contributed by atoms with Gasteiger partial charge in [0, 0.05) is 27.2 Å². The first-order valence-electron chi connectivity index (χ1n) is 8.37. The third-order valence-corrected chi connectivity index (χ3v) is 6.42. The summed E-state index contributed by atoms with van der Waals surface area (Å²) in [5, 5.41) is 2.99. The molecule has 0 bridgehead atoms. The summed E-state index contributed by atoms with van der Waals surface area (Å²) in [5.41, 5.74) is 0.975. The zero-order valence-corrected chi connectivity index (χ0v) is 16.0. The van der Waals surface area contributed by atoms with Crippen molar-refractivity contribution >= 4 is 16.1 Å². The summed E-state index contributed by atoms with van der Waals surface area (Å²) in [4.78, 5) is 12.6. The number of rotatable bonds is 6. The van der Waals surface area contributed by atoms with Crippen LogP contribution in [-0.2, 0) is 15.0 Å². The van der Waals surface area contributed by atoms with E-state index in [9.17, 15) is 13.2 Å². The fourth-order valence-electron chi connectivity index (χ4n) is 2.90. The Morgan fingerprint density at radius 3 is 2.52 bits per heavy atom. The molecule has 0 aliphatic carbocycles. The molecule has 1 aliphatic heterocycles. The maximum absolute atomic E-state index is 12.6. The van der Waals surface area contributed by atoms with Crippen molar-refractivity contribution < 1.29 is 17.9 Å². The fourth-order valence-corrected chi connectivity index (χ4v) is 4.09. The number of piperidine rings is 1. The van der Waals surface area contributed by atoms with Crippen LogP contribution in [0.25, 0.3) is 0 Å². The van der Waals surface area contributed by atoms with Crippen LogP contribution in [0.4, 0.5) is 0 Å². The summed E-state index contributed by atoms with van der Waals surface area (Å²) in [5.74, 6) is 0.324. The van der Waals surface area contributed by atoms with Crippen molar-refractivity contribution in [2.24, 2.45) is 5.92 Å². The average Bonchev–Trinajstić information content (AvgIpc) is 2.61. The van der Waals surface area contributed by atoms with Crippen molar-refractivity contribution in [3.8, 4) is 5.75 Å². The number of nitrogens with zero attached hydrogens (tertiary/aromatic N) is 2. The number of benzene rings is 1. The number of hydrogen-bond acceptors (Lipinski definition) is 4. The second-order valence-electron chi connectivity index (χ2n) is 6.49. The molecule has 1 aliphatic rings. The second kappa shape index (κ2) is 8.16. The number of nitrogens with one attached hydrogen (secondary N) is 1. The van der Waals surface area contributed by atoms with E-state index in [1.54, 1.807) is 7.11 Å². The largest absolute Gasteiger partial charge is 0.497 e. The molecule has 1 aromatic carbocycles. The first kappa shape index (κ1) is 19.7. The number of hydrogen-bond donors (Lipinski definition) is 1. The smallest absolute Gasteiger partial charge is 0.281 e. The van der Waals surface area contributed by atoms with E-state index < -0.39 is 10.2 Å². The first-order chi connectivity index (χ1) is 11.8. The van der Waals surface area contributed by atoms with Gasteiger partial charge < -0.3 is 10.1 Å². The van der Waals surface area contributed by atoms with Crippen molar-refractivity contribution in [1.29, 1.82) is 0 Å². The van der Waals surface area contributed by atoms with Gasteiger partial charge in [0.05, 0.1) is 19.1 Å². The zero-order valence-electron chi connectivity index (χ0n) is 15.2. The molecule has 0 aromatic heterocycles. The minimum absolute atomic E-state index is 0.109. The average molecular weight is 369 g/mol. The van der Waals surface area contributed by atoms with Crippen molar-refractivity contribution in [1.82, 2.24) is 13.9 Å². The number of carbonyl (C=O) groups is 1. The van der Waals surface area contributed by atoms with Crippen LogP contribution in [-0.4, -0.2) is 57.2 Å². The van der Waals surface area contributed by atoms with Gasteiger partial charge >= 0.3 is 0 Å². The van der Waals surface area contributed by atoms with Crippen LogP contribution < -0.4 is 10.1 Å². The highest BCUT2D eigenvalue weighted by Crippen LogP contribution is 2.22. The summed E-state index contributed by atoms with van der Waals surface area (Å²) in [7, 11) is 1.14. The molecule has 1 fully saturated rings. The van der Waals surface area contributed by atoms with Gasteiger partial charge in [-0.1, -0.05) is 12.1 Å². The highest BCUT2D eigenvalue weighted by atomic mass is 32.2. The van der Waals surface area contributed by atoms with E-state index in [4.69, 9.17) is 4.74 Å². The zero-order chi connectivity index (χ0) is 18.6. The molecule has 0 unspecified atom stereocenters. The molecule has 0 radical (unpaired) electrons. The Kier molecular flexibility index (Phi) is 6.42. The lowest BCUT2D eigenvalue weighted by molar-refractivity contribution is -0.126. The highest BCUT2D eigenvalue weighted by Gasteiger charge is 2.33. The van der Waals surface area contributed by atoms with Crippen molar-refractivity contribution in [3.05, 3.63) is 29.8 Å². The summed E-state index contributed by atoms with van der Waals surface area (Å²) in [6, 6.07) is 7.37. The van der Waals surface area contributed by atoms with Gasteiger partial charge in [-0.2, -0.15) is 17.0 Å². The van der Waals surface area contributed by atoms with Crippen molar-refractivity contribution in [3.63, 3.8) is 0 Å². The second-order valence-corrected chi connectivity index (χ2v) is 8.63. The van der Waals surface area contributed by atoms with Gasteiger partial charge in [0.1, 0.15) is 5.75 Å². The molecule has 8 heteroatoms. The van der Waals surface area contributed by atoms with E-state index in [2.05, 4.69) is 5.32 Å². The molecule has 1 heterocycles. The van der Waals surface area contributed by atoms with Gasteiger partial charge in [-0.05, 0) is 37.5 Å². The maximum atomic E-state index is 12.6. The molecule has 140 valence electrons. The highest BCUT2D eigenvalue weighted by molar-refractivity contribution is 7.86. The number of ether oxygens (including phenoxy) is 1. The van der Waals surface area contributed by atoms with E-state index in [1.165, 1.54) is 22.7 Å². The SMILES string of the molecule is COc1ccc([C@@H](C)NC(=O)[C@H]2CCCN(S(=O)(=O)N(C)C)C2)cc1. The molecule has 1 amide bonds. The van der Waals surface area contributed by atoms with Crippen LogP contribution in [0.1, 0.15) is 31.4 Å². The van der Waals surface area contributed by atoms with Crippen LogP contribution in [0.15, 0.2) is 24.3 Å². The standard InChI is InChI=1S/C17H27N3O4S/c1-13(14-7-9-16(24-4)10-8-14)18-17(21)15-6-5-11-20(12-15)25(22,23)19(2)3/h7-10,13,15H,5-6,11-12H2,1-4H3,(H,18,21)/t13-,15+/m1/s1. The third kappa shape index (κ3) is 4.71. The molecule has 0 spiro atoms. The van der Waals surface area contributed by atoms with Gasteiger partial charge in [-0.15, -0.1) is 0 Å². The van der Waals surface area contributed by atoms with Gasteiger partial charge in [0.2, 0.25) is 5.91 Å². The predicted molar refractivity (Wildman–Crippen MR) is 96.5 cm³/mol. The number of amides is 1. The van der Waals surface area contributed by atoms with Crippen LogP contribution in [0.2, 0.25) is 0 Å². The van der Waals surface area contributed by atoms with Crippen LogP contribution in [0.5, 0.6) is 5.75 Å². The molecule has 2 atom stereocenters. The van der Waals surface area contributed by atoms with E-state index >= 15 is 0 Å². The molecule has 1 saturated heterocycles. The van der Waals surface area contributed by atoms with Crippen LogP contribution in [0, 0.1) is 5.92 Å². The Hall–Kier alpha value is -1.64. The van der Waals surface area contributed by atoms with Crippen LogP contribution in [0.3, 0.4) is 0 Å². The quantitative estimate of drug-likeness (QED) is 0.822. The molecule has 1 aromatic rings. The fraction of sp³-hybridized carbons (Fsp3) is 0.588. The number of carbonyl (C=O) groups excluding carboxylic acids is 1. The molecular formula is C17H27N3O4S. The minimum Gasteiger partial charge on any atom is -0.497 e. The Morgan fingerprint density at radius 1 is 1.32 bits per heavy atom. The normalized spacial score (nSPS) is 20.3. The van der Waals surface area contributed by atoms with E-state index in [1.807, 2.05) is 31.2 Å². The van der Waals surface area contributed by atoms with Crippen molar-refractivity contribution in [2.45, 2.75) is 25.8 Å². The molecule has 25 heavy (non-hydrogen) atoms. The van der Waals surface area contributed by atoms with Gasteiger partial charge in [-0.3, -0.25) is 4.79 Å². The van der Waals surface area contributed by atoms with E-state index in [0.29, 0.717) is 19.4 Å². The summed E-state index contributed by atoms with van der Waals surface area (Å²) >= 11 is 0. The maximum Gasteiger partial charge on any atom is 0.281 e. The van der Waals surface area contributed by atoms with E-state index in [-0.39, 0.29) is 24.4 Å². The topological polar surface area (TPSA) is 79.0 Å². The van der Waals surface area contributed by atoms with Gasteiger partial charge in [-0.25, -0.2) is 0 Å². The van der Waals surface area contributed by atoms with Crippen molar-refractivity contribution in [2.75, 3.05) is 34.3 Å². The molecule has 7 nitrogen and oxygen atoms in total. The Bertz CT molecular complexity index is 688. The summed E-state index contributed by atoms with van der Waals surface area (Å²) in [6.45, 7) is 2.59. The van der Waals surface area contributed by atoms with Gasteiger partial charge in [0.15, 0.2) is 0 Å². The Balaban J connectivity index is 1.99. The molecule has 1 N–H and O–H groups in total. The van der Waals surface area contributed by atoms with Crippen LogP contribution >= 0.6 is 0 Å². The van der Waals surface area contributed by atoms with Gasteiger partial charge in [0.25, 0.3) is 10.2 Å². The lowest BCUT2D eigenvalue weighted by Crippen LogP contribution is -2.49. The molecule has 0 saturated carbocycles. The number of methoxy groups -OCH3 is 1. The molecular weight excluding hydrogens is 342 g/mol. The predicted octanol–water partition coefficient (Wildman–Crippen LogP) is 1.39. The monoisotopic (exact) mass is 369 g/mol. The molecule has 2 rings (SSSR count). The minimum atomic E-state index is -3.48. The lowest BCUT2D eigenvalue weighted by Gasteiger charge is -2.33. The lowest BCUT2D eigenvalue weighted by atomic mass is 9.98. The summed E-state index contributed by atoms with van der Waals surface area (Å²) in [6.07, 6.45) is 1.38. The summed E-state index contributed by atoms with van der Waals surface area (Å²) < 4.78 is 32.2. The third-order valence-electron chi connectivity index (χ3n) is 4.52.